The monoisotopic (exact) mass is 425 g/mol. The van der Waals surface area contributed by atoms with E-state index in [1.807, 2.05) is 12.1 Å². The highest BCUT2D eigenvalue weighted by atomic mass is 35.5. The Morgan fingerprint density at radius 3 is 2.53 bits per heavy atom. The molecule has 0 aliphatic heterocycles. The van der Waals surface area contributed by atoms with Crippen molar-refractivity contribution < 1.29 is 14.3 Å². The van der Waals surface area contributed by atoms with Crippen LogP contribution >= 0.6 is 11.6 Å². The van der Waals surface area contributed by atoms with Gasteiger partial charge in [0, 0.05) is 11.7 Å². The summed E-state index contributed by atoms with van der Waals surface area (Å²) in [5.74, 6) is 0.0436. The van der Waals surface area contributed by atoms with Crippen LogP contribution in [0.25, 0.3) is 5.69 Å². The summed E-state index contributed by atoms with van der Waals surface area (Å²) in [5.41, 5.74) is 2.29. The molecule has 4 rings (SSSR count). The first kappa shape index (κ1) is 19.9. The summed E-state index contributed by atoms with van der Waals surface area (Å²) in [5, 5.41) is 14.1. The van der Waals surface area contributed by atoms with Gasteiger partial charge in [0.15, 0.2) is 5.69 Å². The number of nitrogens with one attached hydrogen (secondary N) is 2. The van der Waals surface area contributed by atoms with Crippen molar-refractivity contribution in [2.75, 3.05) is 12.4 Å². The molecule has 1 heterocycles. The fourth-order valence-electron chi connectivity index (χ4n) is 2.97. The second-order valence-corrected chi connectivity index (χ2v) is 7.44. The predicted molar refractivity (Wildman–Crippen MR) is 113 cm³/mol. The van der Waals surface area contributed by atoms with Crippen molar-refractivity contribution in [1.82, 2.24) is 20.3 Å². The van der Waals surface area contributed by atoms with E-state index >= 15 is 0 Å². The Hall–Kier alpha value is -3.39. The molecule has 2 N–H and O–H groups in total. The molecule has 1 fully saturated rings. The van der Waals surface area contributed by atoms with E-state index in [2.05, 4.69) is 20.9 Å². The lowest BCUT2D eigenvalue weighted by atomic mass is 10.1. The largest absolute Gasteiger partial charge is 0.497 e. The Morgan fingerprint density at radius 1 is 1.13 bits per heavy atom. The number of hydrogen-bond donors (Lipinski definition) is 2. The predicted octanol–water partition coefficient (Wildman–Crippen LogP) is 3.38. The van der Waals surface area contributed by atoms with Crippen molar-refractivity contribution in [2.45, 2.75) is 25.8 Å². The minimum absolute atomic E-state index is 0.185. The maximum atomic E-state index is 12.8. The number of aromatic nitrogens is 3. The van der Waals surface area contributed by atoms with Gasteiger partial charge in [-0.25, -0.2) is 4.68 Å². The highest BCUT2D eigenvalue weighted by molar-refractivity contribution is 6.34. The lowest BCUT2D eigenvalue weighted by molar-refractivity contribution is 0.0949. The van der Waals surface area contributed by atoms with Gasteiger partial charge in [-0.05, 0) is 62.2 Å². The number of benzene rings is 2. The number of methoxy groups -OCH3 is 1. The maximum absolute atomic E-state index is 12.8. The number of carbonyl (C=O) groups excluding carboxylic acids is 2. The van der Waals surface area contributed by atoms with Gasteiger partial charge in [0.2, 0.25) is 0 Å². The number of rotatable bonds is 6. The van der Waals surface area contributed by atoms with Gasteiger partial charge in [0.25, 0.3) is 11.8 Å². The van der Waals surface area contributed by atoms with Crippen molar-refractivity contribution >= 4 is 29.1 Å². The van der Waals surface area contributed by atoms with Crippen molar-refractivity contribution in [2.24, 2.45) is 0 Å². The van der Waals surface area contributed by atoms with Gasteiger partial charge < -0.3 is 15.4 Å². The molecule has 3 aromatic rings. The van der Waals surface area contributed by atoms with Gasteiger partial charge in [-0.3, -0.25) is 9.59 Å². The summed E-state index contributed by atoms with van der Waals surface area (Å²) in [7, 11) is 1.59. The zero-order valence-electron chi connectivity index (χ0n) is 16.5. The molecule has 0 atom stereocenters. The average Bonchev–Trinajstić information content (AvgIpc) is 3.48. The molecule has 0 saturated heterocycles. The Morgan fingerprint density at radius 2 is 1.87 bits per heavy atom. The van der Waals surface area contributed by atoms with Gasteiger partial charge in [-0.1, -0.05) is 16.8 Å². The van der Waals surface area contributed by atoms with Crippen LogP contribution in [0.15, 0.2) is 42.5 Å². The Bertz CT molecular complexity index is 1110. The standard InChI is InChI=1S/C21H20ClN5O3/c1-12-19(25-26-27(12)15-6-8-16(30-2)9-7-15)21(29)24-14-5-10-18(22)17(11-14)20(28)23-13-3-4-13/h5-11,13H,3-4H2,1-2H3,(H,23,28)(H,24,29). The van der Waals surface area contributed by atoms with Gasteiger partial charge in [0.1, 0.15) is 5.75 Å². The molecule has 0 bridgehead atoms. The van der Waals surface area contributed by atoms with Gasteiger partial charge in [0.05, 0.1) is 29.1 Å². The summed E-state index contributed by atoms with van der Waals surface area (Å²) >= 11 is 6.16. The van der Waals surface area contributed by atoms with Crippen LogP contribution in [0, 0.1) is 6.92 Å². The van der Waals surface area contributed by atoms with Gasteiger partial charge in [-0.15, -0.1) is 5.10 Å². The molecule has 1 saturated carbocycles. The Labute approximate surface area is 178 Å². The SMILES string of the molecule is COc1ccc(-n2nnc(C(=O)Nc3ccc(Cl)c(C(=O)NC4CC4)c3)c2C)cc1. The molecule has 0 spiro atoms. The molecule has 1 aliphatic rings. The van der Waals surface area contributed by atoms with Gasteiger partial charge in [-0.2, -0.15) is 0 Å². The number of halogens is 1. The summed E-state index contributed by atoms with van der Waals surface area (Å²) in [4.78, 5) is 25.1. The van der Waals surface area contributed by atoms with E-state index in [0.717, 1.165) is 24.3 Å². The second-order valence-electron chi connectivity index (χ2n) is 7.03. The smallest absolute Gasteiger partial charge is 0.278 e. The zero-order valence-corrected chi connectivity index (χ0v) is 17.2. The molecule has 30 heavy (non-hydrogen) atoms. The van der Waals surface area contributed by atoms with E-state index in [-0.39, 0.29) is 17.6 Å². The highest BCUT2D eigenvalue weighted by Crippen LogP contribution is 2.24. The molecular weight excluding hydrogens is 406 g/mol. The van der Waals surface area contributed by atoms with E-state index in [0.29, 0.717) is 22.0 Å². The molecule has 1 aromatic heterocycles. The summed E-state index contributed by atoms with van der Waals surface area (Å²) in [6.45, 7) is 1.76. The van der Waals surface area contributed by atoms with Crippen molar-refractivity contribution in [1.29, 1.82) is 0 Å². The van der Waals surface area contributed by atoms with Crippen LogP contribution in [-0.4, -0.2) is 40.0 Å². The van der Waals surface area contributed by atoms with E-state index in [1.165, 1.54) is 0 Å². The summed E-state index contributed by atoms with van der Waals surface area (Å²) in [6.07, 6.45) is 1.95. The molecule has 9 heteroatoms. The first-order valence-electron chi connectivity index (χ1n) is 9.44. The molecule has 0 unspecified atom stereocenters. The minimum Gasteiger partial charge on any atom is -0.497 e. The summed E-state index contributed by atoms with van der Waals surface area (Å²) in [6, 6.07) is 12.2. The molecule has 2 aromatic carbocycles. The van der Waals surface area contributed by atoms with Crippen molar-refractivity contribution in [3.8, 4) is 11.4 Å². The van der Waals surface area contributed by atoms with E-state index < -0.39 is 5.91 Å². The molecule has 154 valence electrons. The lowest BCUT2D eigenvalue weighted by Crippen LogP contribution is -2.25. The quantitative estimate of drug-likeness (QED) is 0.630. The number of anilines is 1. The van der Waals surface area contributed by atoms with Crippen LogP contribution in [0.1, 0.15) is 39.4 Å². The Balaban J connectivity index is 1.52. The third-order valence-corrected chi connectivity index (χ3v) is 5.14. The van der Waals surface area contributed by atoms with Crippen molar-refractivity contribution in [3.63, 3.8) is 0 Å². The molecular formula is C21H20ClN5O3. The first-order chi connectivity index (χ1) is 14.5. The zero-order chi connectivity index (χ0) is 21.3. The third kappa shape index (κ3) is 4.13. The number of carbonyl (C=O) groups is 2. The van der Waals surface area contributed by atoms with E-state index in [9.17, 15) is 9.59 Å². The number of amides is 2. The molecule has 8 nitrogen and oxygen atoms in total. The van der Waals surface area contributed by atoms with Crippen LogP contribution in [0.2, 0.25) is 5.02 Å². The Kier molecular flexibility index (Phi) is 5.41. The molecule has 0 radical (unpaired) electrons. The fourth-order valence-corrected chi connectivity index (χ4v) is 3.17. The normalized spacial score (nSPS) is 13.0. The highest BCUT2D eigenvalue weighted by Gasteiger charge is 2.25. The number of ether oxygens (including phenoxy) is 1. The fraction of sp³-hybridized carbons (Fsp3) is 0.238. The van der Waals surface area contributed by atoms with Gasteiger partial charge >= 0.3 is 0 Å². The minimum atomic E-state index is -0.428. The van der Waals surface area contributed by atoms with E-state index in [1.54, 1.807) is 49.0 Å². The van der Waals surface area contributed by atoms with Crippen molar-refractivity contribution in [3.05, 3.63) is 64.4 Å². The molecule has 1 aliphatic carbocycles. The van der Waals surface area contributed by atoms with Crippen LogP contribution in [-0.2, 0) is 0 Å². The van der Waals surface area contributed by atoms with Crippen LogP contribution in [0.5, 0.6) is 5.75 Å². The first-order valence-corrected chi connectivity index (χ1v) is 9.82. The van der Waals surface area contributed by atoms with Crippen LogP contribution in [0.4, 0.5) is 5.69 Å². The lowest BCUT2D eigenvalue weighted by Gasteiger charge is -2.09. The average molecular weight is 426 g/mol. The topological polar surface area (TPSA) is 98.1 Å². The number of nitrogens with zero attached hydrogens (tertiary/aromatic N) is 3. The van der Waals surface area contributed by atoms with E-state index in [4.69, 9.17) is 16.3 Å². The van der Waals surface area contributed by atoms with Crippen LogP contribution < -0.4 is 15.4 Å². The number of hydrogen-bond acceptors (Lipinski definition) is 5. The third-order valence-electron chi connectivity index (χ3n) is 4.81. The van der Waals surface area contributed by atoms with Crippen LogP contribution in [0.3, 0.4) is 0 Å². The second kappa shape index (κ2) is 8.16. The molecule has 2 amide bonds. The summed E-state index contributed by atoms with van der Waals surface area (Å²) < 4.78 is 6.73. The maximum Gasteiger partial charge on any atom is 0.278 e.